The standard InChI is InChI=1S/C21H19ClN4O5S/c1-31-15-8-6-14(7-9-15)26-19(16-11-32(29,30)12-18(16)25-26)24-21(28)20(27)23-10-13-4-2-3-5-17(13)22/h2-9H,10-12H2,1H3,(H,23,27)(H,24,28). The number of sulfone groups is 1. The van der Waals surface area contributed by atoms with Gasteiger partial charge in [-0.15, -0.1) is 0 Å². The molecular formula is C21H19ClN4O5S. The first-order chi connectivity index (χ1) is 15.3. The van der Waals surface area contributed by atoms with Gasteiger partial charge < -0.3 is 15.4 Å². The number of halogens is 1. The minimum atomic E-state index is -3.36. The molecule has 0 unspecified atom stereocenters. The summed E-state index contributed by atoms with van der Waals surface area (Å²) in [7, 11) is -1.83. The molecule has 0 saturated carbocycles. The Morgan fingerprint density at radius 1 is 1.09 bits per heavy atom. The van der Waals surface area contributed by atoms with Crippen molar-refractivity contribution in [3.05, 3.63) is 70.4 Å². The van der Waals surface area contributed by atoms with Crippen LogP contribution >= 0.6 is 11.6 Å². The highest BCUT2D eigenvalue weighted by atomic mass is 35.5. The number of fused-ring (bicyclic) bond motifs is 1. The number of rotatable bonds is 5. The molecule has 0 fully saturated rings. The monoisotopic (exact) mass is 474 g/mol. The van der Waals surface area contributed by atoms with Crippen molar-refractivity contribution in [1.29, 1.82) is 0 Å². The molecule has 1 aromatic heterocycles. The van der Waals surface area contributed by atoms with Gasteiger partial charge in [-0.05, 0) is 35.9 Å². The highest BCUT2D eigenvalue weighted by Crippen LogP contribution is 2.33. The van der Waals surface area contributed by atoms with Crippen molar-refractivity contribution in [2.24, 2.45) is 0 Å². The number of nitrogens with one attached hydrogen (secondary N) is 2. The smallest absolute Gasteiger partial charge is 0.314 e. The molecular weight excluding hydrogens is 456 g/mol. The number of methoxy groups -OCH3 is 1. The zero-order valence-electron chi connectivity index (χ0n) is 17.0. The largest absolute Gasteiger partial charge is 0.497 e. The number of ether oxygens (including phenoxy) is 1. The molecule has 0 spiro atoms. The van der Waals surface area contributed by atoms with E-state index in [0.29, 0.717) is 33.3 Å². The van der Waals surface area contributed by atoms with E-state index in [9.17, 15) is 18.0 Å². The number of benzene rings is 2. The number of hydrogen-bond donors (Lipinski definition) is 2. The highest BCUT2D eigenvalue weighted by Gasteiger charge is 2.33. The van der Waals surface area contributed by atoms with Crippen LogP contribution in [0.3, 0.4) is 0 Å². The van der Waals surface area contributed by atoms with Crippen molar-refractivity contribution in [2.75, 3.05) is 12.4 Å². The Hall–Kier alpha value is -3.37. The molecule has 0 atom stereocenters. The lowest BCUT2D eigenvalue weighted by atomic mass is 10.2. The predicted octanol–water partition coefficient (Wildman–Crippen LogP) is 2.22. The fraction of sp³-hybridized carbons (Fsp3) is 0.190. The van der Waals surface area contributed by atoms with Gasteiger partial charge in [0.25, 0.3) is 0 Å². The molecule has 3 aromatic rings. The molecule has 2 amide bonds. The van der Waals surface area contributed by atoms with Crippen LogP contribution in [0.2, 0.25) is 5.02 Å². The number of amides is 2. The van der Waals surface area contributed by atoms with Crippen LogP contribution in [-0.4, -0.2) is 37.1 Å². The van der Waals surface area contributed by atoms with E-state index in [2.05, 4.69) is 15.7 Å². The van der Waals surface area contributed by atoms with E-state index in [1.165, 1.54) is 11.8 Å². The Balaban J connectivity index is 1.58. The normalized spacial score (nSPS) is 13.9. The third kappa shape index (κ3) is 4.46. The van der Waals surface area contributed by atoms with Gasteiger partial charge in [-0.1, -0.05) is 29.8 Å². The summed E-state index contributed by atoms with van der Waals surface area (Å²) >= 11 is 6.07. The van der Waals surface area contributed by atoms with Crippen molar-refractivity contribution in [3.63, 3.8) is 0 Å². The molecule has 0 saturated heterocycles. The summed E-state index contributed by atoms with van der Waals surface area (Å²) in [4.78, 5) is 25.0. The van der Waals surface area contributed by atoms with Crippen LogP contribution < -0.4 is 15.4 Å². The lowest BCUT2D eigenvalue weighted by molar-refractivity contribution is -0.136. The maximum atomic E-state index is 12.6. The van der Waals surface area contributed by atoms with E-state index >= 15 is 0 Å². The second kappa shape index (κ2) is 8.64. The van der Waals surface area contributed by atoms with Crippen molar-refractivity contribution in [1.82, 2.24) is 15.1 Å². The summed E-state index contributed by atoms with van der Waals surface area (Å²) in [5.74, 6) is -1.56. The third-order valence-electron chi connectivity index (χ3n) is 4.94. The number of aromatic nitrogens is 2. The van der Waals surface area contributed by atoms with Crippen molar-refractivity contribution in [2.45, 2.75) is 18.1 Å². The molecule has 2 aromatic carbocycles. The van der Waals surface area contributed by atoms with Gasteiger partial charge >= 0.3 is 11.8 Å². The quantitative estimate of drug-likeness (QED) is 0.547. The average molecular weight is 475 g/mol. The van der Waals surface area contributed by atoms with Crippen LogP contribution in [0, 0.1) is 0 Å². The van der Waals surface area contributed by atoms with Gasteiger partial charge in [0.1, 0.15) is 11.6 Å². The summed E-state index contributed by atoms with van der Waals surface area (Å²) in [6.07, 6.45) is 0. The lowest BCUT2D eigenvalue weighted by Crippen LogP contribution is -2.35. The molecule has 32 heavy (non-hydrogen) atoms. The van der Waals surface area contributed by atoms with Crippen molar-refractivity contribution in [3.8, 4) is 11.4 Å². The minimum absolute atomic E-state index is 0.0656. The Morgan fingerprint density at radius 2 is 1.81 bits per heavy atom. The molecule has 11 heteroatoms. The average Bonchev–Trinajstić information content (AvgIpc) is 3.25. The molecule has 0 aliphatic carbocycles. The fourth-order valence-corrected chi connectivity index (χ4v) is 5.04. The van der Waals surface area contributed by atoms with Gasteiger partial charge in [-0.25, -0.2) is 13.1 Å². The number of hydrogen-bond acceptors (Lipinski definition) is 6. The summed E-state index contributed by atoms with van der Waals surface area (Å²) in [5.41, 5.74) is 1.94. The highest BCUT2D eigenvalue weighted by molar-refractivity contribution is 7.90. The maximum absolute atomic E-state index is 12.6. The van der Waals surface area contributed by atoms with Crippen molar-refractivity contribution >= 4 is 39.1 Å². The lowest BCUT2D eigenvalue weighted by Gasteiger charge is -2.12. The molecule has 2 N–H and O–H groups in total. The first-order valence-corrected chi connectivity index (χ1v) is 11.8. The van der Waals surface area contributed by atoms with E-state index in [-0.39, 0.29) is 23.9 Å². The van der Waals surface area contributed by atoms with Crippen LogP contribution in [0.5, 0.6) is 5.75 Å². The van der Waals surface area contributed by atoms with Crippen LogP contribution in [-0.2, 0) is 37.5 Å². The summed E-state index contributed by atoms with van der Waals surface area (Å²) in [6.45, 7) is 0.0656. The molecule has 4 rings (SSSR count). The van der Waals surface area contributed by atoms with Gasteiger partial charge in [-0.2, -0.15) is 5.10 Å². The Bertz CT molecular complexity index is 1300. The van der Waals surface area contributed by atoms with Crippen molar-refractivity contribution < 1.29 is 22.7 Å². The first kappa shape index (κ1) is 21.8. The summed E-state index contributed by atoms with van der Waals surface area (Å²) in [5, 5.41) is 9.87. The number of carbonyl (C=O) groups excluding carboxylic acids is 2. The SMILES string of the molecule is COc1ccc(-n2nc3c(c2NC(=O)C(=O)NCc2ccccc2Cl)CS(=O)(=O)C3)cc1. The Labute approximate surface area is 189 Å². The van der Waals surface area contributed by atoms with Crippen LogP contribution in [0.4, 0.5) is 5.82 Å². The zero-order valence-corrected chi connectivity index (χ0v) is 18.5. The molecule has 9 nitrogen and oxygen atoms in total. The van der Waals surface area contributed by atoms with E-state index in [0.717, 1.165) is 0 Å². The van der Waals surface area contributed by atoms with Gasteiger partial charge in [-0.3, -0.25) is 9.59 Å². The van der Waals surface area contributed by atoms with Gasteiger partial charge in [0.05, 0.1) is 30.0 Å². The van der Waals surface area contributed by atoms with Gasteiger partial charge in [0.15, 0.2) is 9.84 Å². The van der Waals surface area contributed by atoms with E-state index in [1.807, 2.05) is 0 Å². The number of nitrogens with zero attached hydrogens (tertiary/aromatic N) is 2. The molecule has 0 radical (unpaired) electrons. The molecule has 1 aliphatic rings. The second-order valence-electron chi connectivity index (χ2n) is 7.14. The Kier molecular flexibility index (Phi) is 5.90. The minimum Gasteiger partial charge on any atom is -0.497 e. The first-order valence-electron chi connectivity index (χ1n) is 9.55. The second-order valence-corrected chi connectivity index (χ2v) is 9.62. The zero-order chi connectivity index (χ0) is 22.9. The van der Waals surface area contributed by atoms with Crippen LogP contribution in [0.25, 0.3) is 5.69 Å². The van der Waals surface area contributed by atoms with Gasteiger partial charge in [0.2, 0.25) is 0 Å². The predicted molar refractivity (Wildman–Crippen MR) is 118 cm³/mol. The van der Waals surface area contributed by atoms with Crippen LogP contribution in [0.15, 0.2) is 48.5 Å². The van der Waals surface area contributed by atoms with Crippen LogP contribution in [0.1, 0.15) is 16.8 Å². The maximum Gasteiger partial charge on any atom is 0.314 e. The topological polar surface area (TPSA) is 119 Å². The summed E-state index contributed by atoms with van der Waals surface area (Å²) < 4.78 is 30.7. The number of carbonyl (C=O) groups is 2. The number of anilines is 1. The Morgan fingerprint density at radius 3 is 2.50 bits per heavy atom. The molecule has 1 aliphatic heterocycles. The third-order valence-corrected chi connectivity index (χ3v) is 6.75. The van der Waals surface area contributed by atoms with Gasteiger partial charge in [0, 0.05) is 17.1 Å². The molecule has 166 valence electrons. The molecule has 2 heterocycles. The fourth-order valence-electron chi connectivity index (χ4n) is 3.34. The summed E-state index contributed by atoms with van der Waals surface area (Å²) in [6, 6.07) is 13.8. The molecule has 0 bridgehead atoms. The van der Waals surface area contributed by atoms with E-state index < -0.39 is 21.7 Å². The van der Waals surface area contributed by atoms with E-state index in [4.69, 9.17) is 16.3 Å². The van der Waals surface area contributed by atoms with E-state index in [1.54, 1.807) is 48.5 Å².